The molecule has 0 saturated heterocycles. The zero-order chi connectivity index (χ0) is 8.15. The fourth-order valence-electron chi connectivity index (χ4n) is 0.637. The lowest BCUT2D eigenvalue weighted by Gasteiger charge is -2.20. The molecule has 0 amide bonds. The molecule has 1 nitrogen and oxygen atoms in total. The number of nitrogens with zero attached hydrogens (tertiary/aromatic N) is 1. The Kier molecular flexibility index (Phi) is 4.28. The van der Waals surface area contributed by atoms with Crippen molar-refractivity contribution in [1.29, 1.82) is 0 Å². The minimum atomic E-state index is 1.07. The van der Waals surface area contributed by atoms with Gasteiger partial charge in [-0.05, 0) is 20.1 Å². The Morgan fingerprint density at radius 2 is 2.10 bits per heavy atom. The quantitative estimate of drug-likeness (QED) is 0.619. The number of hydrogen-bond acceptors (Lipinski definition) is 2. The molecule has 0 aliphatic carbocycles. The van der Waals surface area contributed by atoms with Crippen LogP contribution in [0.15, 0.2) is 23.4 Å². The van der Waals surface area contributed by atoms with Crippen LogP contribution in [-0.4, -0.2) is 18.2 Å². The van der Waals surface area contributed by atoms with Gasteiger partial charge in [0.1, 0.15) is 0 Å². The van der Waals surface area contributed by atoms with Crippen molar-refractivity contribution in [2.75, 3.05) is 13.3 Å². The van der Waals surface area contributed by atoms with Gasteiger partial charge in [-0.1, -0.05) is 12.7 Å². The summed E-state index contributed by atoms with van der Waals surface area (Å²) in [5, 5.41) is 1.24. The zero-order valence-electron chi connectivity index (χ0n) is 7.14. The molecular weight excluding hydrogens is 142 g/mol. The van der Waals surface area contributed by atoms with Crippen LogP contribution in [0.1, 0.15) is 13.8 Å². The molecule has 2 heteroatoms. The maximum Gasteiger partial charge on any atom is 0.0700 e. The van der Waals surface area contributed by atoms with Crippen molar-refractivity contribution in [3.05, 3.63) is 23.4 Å². The van der Waals surface area contributed by atoms with Gasteiger partial charge in [-0.15, -0.1) is 11.8 Å². The molecule has 0 aromatic heterocycles. The van der Waals surface area contributed by atoms with Crippen LogP contribution in [0.4, 0.5) is 0 Å². The second-order valence-electron chi connectivity index (χ2n) is 2.13. The molecule has 0 bridgehead atoms. The number of hydrogen-bond donors (Lipinski definition) is 0. The summed E-state index contributed by atoms with van der Waals surface area (Å²) in [5.41, 5.74) is 1.07. The van der Waals surface area contributed by atoms with E-state index in [2.05, 4.69) is 23.8 Å². The lowest BCUT2D eigenvalue weighted by Crippen LogP contribution is -2.11. The molecule has 0 heterocycles. The first-order valence-corrected chi connectivity index (χ1v) is 4.45. The first kappa shape index (κ1) is 9.63. The number of allylic oxidation sites excluding steroid dienone is 2. The predicted molar refractivity (Wildman–Crippen MR) is 49.8 cm³/mol. The zero-order valence-corrected chi connectivity index (χ0v) is 7.96. The molecule has 0 fully saturated rings. The minimum Gasteiger partial charge on any atom is -0.344 e. The third kappa shape index (κ3) is 2.48. The fourth-order valence-corrected chi connectivity index (χ4v) is 1.30. The third-order valence-electron chi connectivity index (χ3n) is 1.36. The number of thioether (sulfide) groups is 1. The van der Waals surface area contributed by atoms with Gasteiger partial charge in [0.15, 0.2) is 0 Å². The van der Waals surface area contributed by atoms with E-state index in [0.29, 0.717) is 0 Å². The van der Waals surface area contributed by atoms with E-state index in [1.165, 1.54) is 5.03 Å². The Balaban J connectivity index is 4.17. The van der Waals surface area contributed by atoms with Crippen LogP contribution in [0.2, 0.25) is 0 Å². The van der Waals surface area contributed by atoms with Crippen LogP contribution in [0.25, 0.3) is 0 Å². The summed E-state index contributed by atoms with van der Waals surface area (Å²) in [4.78, 5) is 2.07. The first-order chi connectivity index (χ1) is 4.63. The Morgan fingerprint density at radius 1 is 1.60 bits per heavy atom. The Hall–Kier alpha value is -0.370. The molecule has 0 radical (unpaired) electrons. The van der Waals surface area contributed by atoms with E-state index in [1.54, 1.807) is 11.8 Å². The van der Waals surface area contributed by atoms with Crippen LogP contribution in [0.3, 0.4) is 0 Å². The van der Waals surface area contributed by atoms with E-state index in [4.69, 9.17) is 0 Å². The van der Waals surface area contributed by atoms with E-state index in [9.17, 15) is 0 Å². The standard InChI is InChI=1S/C8H15NS/c1-6-8(10-5)9(4)7(2)3/h6H,2H2,1,3-5H3/b8-6+. The molecular formula is C8H15NS. The summed E-state index contributed by atoms with van der Waals surface area (Å²) in [6, 6.07) is 0. The molecule has 0 aromatic rings. The highest BCUT2D eigenvalue weighted by atomic mass is 32.2. The van der Waals surface area contributed by atoms with Crippen molar-refractivity contribution in [2.24, 2.45) is 0 Å². The van der Waals surface area contributed by atoms with Gasteiger partial charge in [-0.2, -0.15) is 0 Å². The smallest absolute Gasteiger partial charge is 0.0700 e. The molecule has 0 aromatic carbocycles. The van der Waals surface area contributed by atoms with Crippen molar-refractivity contribution in [2.45, 2.75) is 13.8 Å². The van der Waals surface area contributed by atoms with E-state index in [0.717, 1.165) is 5.70 Å². The number of rotatable bonds is 3. The van der Waals surface area contributed by atoms with Crippen molar-refractivity contribution < 1.29 is 0 Å². The summed E-state index contributed by atoms with van der Waals surface area (Å²) in [6.07, 6.45) is 4.15. The van der Waals surface area contributed by atoms with Crippen molar-refractivity contribution in [3.8, 4) is 0 Å². The van der Waals surface area contributed by atoms with Crippen LogP contribution >= 0.6 is 11.8 Å². The average molecular weight is 157 g/mol. The lowest BCUT2D eigenvalue weighted by atomic mass is 10.5. The molecule has 0 N–H and O–H groups in total. The molecule has 58 valence electrons. The summed E-state index contributed by atoms with van der Waals surface area (Å²) < 4.78 is 0. The average Bonchev–Trinajstić information content (AvgIpc) is 1.90. The third-order valence-corrected chi connectivity index (χ3v) is 2.29. The second kappa shape index (κ2) is 4.45. The van der Waals surface area contributed by atoms with Crippen molar-refractivity contribution >= 4 is 11.8 Å². The van der Waals surface area contributed by atoms with Crippen LogP contribution in [0, 0.1) is 0 Å². The van der Waals surface area contributed by atoms with Gasteiger partial charge >= 0.3 is 0 Å². The molecule has 10 heavy (non-hydrogen) atoms. The Morgan fingerprint density at radius 3 is 2.20 bits per heavy atom. The highest BCUT2D eigenvalue weighted by Crippen LogP contribution is 2.18. The molecule has 0 unspecified atom stereocenters. The van der Waals surface area contributed by atoms with Gasteiger partial charge in [0.2, 0.25) is 0 Å². The van der Waals surface area contributed by atoms with E-state index < -0.39 is 0 Å². The highest BCUT2D eigenvalue weighted by molar-refractivity contribution is 8.02. The van der Waals surface area contributed by atoms with Crippen molar-refractivity contribution in [3.63, 3.8) is 0 Å². The van der Waals surface area contributed by atoms with Crippen LogP contribution < -0.4 is 0 Å². The summed E-state index contributed by atoms with van der Waals surface area (Å²) in [6.45, 7) is 7.88. The van der Waals surface area contributed by atoms with Crippen LogP contribution in [0.5, 0.6) is 0 Å². The highest BCUT2D eigenvalue weighted by Gasteiger charge is 2.00. The molecule has 0 aliphatic heterocycles. The maximum absolute atomic E-state index is 3.84. The Labute approximate surface area is 67.8 Å². The van der Waals surface area contributed by atoms with E-state index >= 15 is 0 Å². The van der Waals surface area contributed by atoms with Gasteiger partial charge in [-0.25, -0.2) is 0 Å². The van der Waals surface area contributed by atoms with Gasteiger partial charge in [-0.3, -0.25) is 0 Å². The molecule has 0 saturated carbocycles. The van der Waals surface area contributed by atoms with Gasteiger partial charge in [0.05, 0.1) is 5.03 Å². The molecule has 0 aliphatic rings. The van der Waals surface area contributed by atoms with Gasteiger partial charge < -0.3 is 4.90 Å². The predicted octanol–water partition coefficient (Wildman–Crippen LogP) is 2.68. The fraction of sp³-hybridized carbons (Fsp3) is 0.500. The molecule has 0 atom stereocenters. The first-order valence-electron chi connectivity index (χ1n) is 3.23. The van der Waals surface area contributed by atoms with Crippen molar-refractivity contribution in [1.82, 2.24) is 4.90 Å². The summed E-state index contributed by atoms with van der Waals surface area (Å²) in [7, 11) is 2.02. The largest absolute Gasteiger partial charge is 0.344 e. The SMILES string of the molecule is C=C(C)N(C)/C(=C\C)SC. The van der Waals surface area contributed by atoms with Gasteiger partial charge in [0.25, 0.3) is 0 Å². The minimum absolute atomic E-state index is 1.07. The monoisotopic (exact) mass is 157 g/mol. The van der Waals surface area contributed by atoms with E-state index in [-0.39, 0.29) is 0 Å². The maximum atomic E-state index is 3.84. The topological polar surface area (TPSA) is 3.24 Å². The lowest BCUT2D eigenvalue weighted by molar-refractivity contribution is 0.559. The van der Waals surface area contributed by atoms with Gasteiger partial charge in [0, 0.05) is 12.7 Å². The molecule has 0 rings (SSSR count). The van der Waals surface area contributed by atoms with E-state index in [1.807, 2.05) is 20.9 Å². The normalized spacial score (nSPS) is 11.4. The van der Waals surface area contributed by atoms with Crippen LogP contribution in [-0.2, 0) is 0 Å². The summed E-state index contributed by atoms with van der Waals surface area (Å²) >= 11 is 1.73. The molecule has 0 spiro atoms. The second-order valence-corrected chi connectivity index (χ2v) is 2.95. The Bertz CT molecular complexity index is 149. The summed E-state index contributed by atoms with van der Waals surface area (Å²) in [5.74, 6) is 0.